The molecule has 0 aliphatic rings. The van der Waals surface area contributed by atoms with Gasteiger partial charge in [-0.05, 0) is 48.9 Å². The van der Waals surface area contributed by atoms with Crippen LogP contribution >= 0.6 is 15.9 Å². The third-order valence-electron chi connectivity index (χ3n) is 4.21. The molecule has 0 saturated carbocycles. The van der Waals surface area contributed by atoms with Gasteiger partial charge in [0, 0.05) is 11.0 Å². The molecular formula is C20H17BrN4O3S. The summed E-state index contributed by atoms with van der Waals surface area (Å²) in [5.41, 5.74) is 1.92. The molecule has 0 amide bonds. The van der Waals surface area contributed by atoms with Gasteiger partial charge in [-0.15, -0.1) is 9.19 Å². The Morgan fingerprint density at radius 1 is 1.10 bits per heavy atom. The van der Waals surface area contributed by atoms with E-state index < -0.39 is 10.0 Å². The van der Waals surface area contributed by atoms with Crippen LogP contribution in [0.25, 0.3) is 11.6 Å². The first-order valence-electron chi connectivity index (χ1n) is 8.75. The molecular weight excluding hydrogens is 456 g/mol. The van der Waals surface area contributed by atoms with Crippen LogP contribution in [0.5, 0.6) is 0 Å². The van der Waals surface area contributed by atoms with Crippen molar-refractivity contribution in [3.8, 4) is 11.6 Å². The van der Waals surface area contributed by atoms with Crippen LogP contribution in [0.1, 0.15) is 11.1 Å². The number of rotatable bonds is 6. The molecule has 2 aromatic carbocycles. The molecule has 7 nitrogen and oxygen atoms in total. The summed E-state index contributed by atoms with van der Waals surface area (Å²) in [5.74, 6) is 0.674. The molecule has 0 fully saturated rings. The summed E-state index contributed by atoms with van der Waals surface area (Å²) in [6.45, 7) is 2.27. The van der Waals surface area contributed by atoms with E-state index in [9.17, 15) is 8.42 Å². The summed E-state index contributed by atoms with van der Waals surface area (Å²) < 4.78 is 33.6. The number of aryl methyl sites for hydroxylation is 1. The molecule has 9 heteroatoms. The van der Waals surface area contributed by atoms with Crippen molar-refractivity contribution in [2.45, 2.75) is 18.4 Å². The maximum absolute atomic E-state index is 13.2. The first kappa shape index (κ1) is 19.4. The third-order valence-corrected chi connectivity index (χ3v) is 6.28. The van der Waals surface area contributed by atoms with Gasteiger partial charge in [0.25, 0.3) is 10.0 Å². The SMILES string of the molecule is Cc1ccc(S(=O)(=O)n2nc(-c3ccco3)nc2NCc2cccc(Br)c2)cc1. The predicted octanol–water partition coefficient (Wildman–Crippen LogP) is 4.46. The van der Waals surface area contributed by atoms with Gasteiger partial charge in [0.05, 0.1) is 11.2 Å². The normalized spacial score (nSPS) is 11.5. The monoisotopic (exact) mass is 472 g/mol. The molecule has 0 aliphatic carbocycles. The highest BCUT2D eigenvalue weighted by Crippen LogP contribution is 2.23. The van der Waals surface area contributed by atoms with Crippen molar-refractivity contribution in [1.82, 2.24) is 14.2 Å². The maximum atomic E-state index is 13.2. The summed E-state index contributed by atoms with van der Waals surface area (Å²) >= 11 is 3.43. The summed E-state index contributed by atoms with van der Waals surface area (Å²) in [4.78, 5) is 4.48. The summed E-state index contributed by atoms with van der Waals surface area (Å²) in [7, 11) is -3.94. The fourth-order valence-corrected chi connectivity index (χ4v) is 4.37. The Morgan fingerprint density at radius 2 is 1.90 bits per heavy atom. The molecule has 2 heterocycles. The zero-order valence-corrected chi connectivity index (χ0v) is 17.8. The lowest BCUT2D eigenvalue weighted by atomic mass is 10.2. The van der Waals surface area contributed by atoms with E-state index >= 15 is 0 Å². The lowest BCUT2D eigenvalue weighted by Crippen LogP contribution is -2.18. The van der Waals surface area contributed by atoms with Gasteiger partial charge in [0.1, 0.15) is 0 Å². The molecule has 4 aromatic rings. The zero-order valence-electron chi connectivity index (χ0n) is 15.4. The van der Waals surface area contributed by atoms with Gasteiger partial charge in [-0.1, -0.05) is 45.8 Å². The number of furan rings is 1. The van der Waals surface area contributed by atoms with Crippen molar-refractivity contribution in [2.24, 2.45) is 0 Å². The summed E-state index contributed by atoms with van der Waals surface area (Å²) in [6, 6.07) is 17.7. The number of nitrogens with one attached hydrogen (secondary N) is 1. The Balaban J connectivity index is 1.74. The molecule has 0 atom stereocenters. The standard InChI is InChI=1S/C20H17BrN4O3S/c1-14-7-9-17(10-8-14)29(26,27)25-20(22-13-15-4-2-5-16(21)12-15)23-19(24-25)18-6-3-11-28-18/h2-12H,13H2,1H3,(H,22,23,24). The van der Waals surface area contributed by atoms with Crippen molar-refractivity contribution < 1.29 is 12.8 Å². The van der Waals surface area contributed by atoms with E-state index in [2.05, 4.69) is 31.3 Å². The highest BCUT2D eigenvalue weighted by Gasteiger charge is 2.25. The largest absolute Gasteiger partial charge is 0.461 e. The molecule has 148 valence electrons. The summed E-state index contributed by atoms with van der Waals surface area (Å²) in [5, 5.41) is 7.28. The van der Waals surface area contributed by atoms with Crippen molar-refractivity contribution in [3.05, 3.63) is 82.5 Å². The Labute approximate surface area is 176 Å². The lowest BCUT2D eigenvalue weighted by Gasteiger charge is -2.09. The highest BCUT2D eigenvalue weighted by atomic mass is 79.9. The topological polar surface area (TPSA) is 90.0 Å². The smallest absolute Gasteiger partial charge is 0.286 e. The molecule has 0 bridgehead atoms. The van der Waals surface area contributed by atoms with Gasteiger partial charge in [0.15, 0.2) is 5.76 Å². The van der Waals surface area contributed by atoms with Crippen LogP contribution in [0.3, 0.4) is 0 Å². The van der Waals surface area contributed by atoms with Crippen LogP contribution in [0.2, 0.25) is 0 Å². The van der Waals surface area contributed by atoms with Crippen molar-refractivity contribution >= 4 is 31.9 Å². The first-order valence-corrected chi connectivity index (χ1v) is 11.0. The third kappa shape index (κ3) is 4.10. The first-order chi connectivity index (χ1) is 13.9. The maximum Gasteiger partial charge on any atom is 0.286 e. The number of anilines is 1. The van der Waals surface area contributed by atoms with Crippen molar-refractivity contribution in [2.75, 3.05) is 5.32 Å². The average Bonchev–Trinajstić information content (AvgIpc) is 3.37. The Kier molecular flexibility index (Phi) is 5.25. The number of hydrogen-bond donors (Lipinski definition) is 1. The minimum atomic E-state index is -3.94. The van der Waals surface area contributed by atoms with Gasteiger partial charge in [-0.3, -0.25) is 0 Å². The fourth-order valence-electron chi connectivity index (χ4n) is 2.72. The molecule has 2 aromatic heterocycles. The minimum Gasteiger partial charge on any atom is -0.461 e. The van der Waals surface area contributed by atoms with Gasteiger partial charge in [-0.25, -0.2) is 0 Å². The van der Waals surface area contributed by atoms with E-state index in [-0.39, 0.29) is 16.7 Å². The van der Waals surface area contributed by atoms with Crippen molar-refractivity contribution in [3.63, 3.8) is 0 Å². The van der Waals surface area contributed by atoms with E-state index in [1.165, 1.54) is 6.26 Å². The van der Waals surface area contributed by atoms with Gasteiger partial charge in [0.2, 0.25) is 11.8 Å². The second-order valence-electron chi connectivity index (χ2n) is 6.38. The van der Waals surface area contributed by atoms with E-state index in [0.29, 0.717) is 12.3 Å². The number of halogens is 1. The van der Waals surface area contributed by atoms with Crippen LogP contribution in [-0.4, -0.2) is 22.6 Å². The van der Waals surface area contributed by atoms with Crippen LogP contribution in [0.15, 0.2) is 80.7 Å². The zero-order chi connectivity index (χ0) is 20.4. The van der Waals surface area contributed by atoms with Crippen LogP contribution in [0, 0.1) is 6.92 Å². The number of aromatic nitrogens is 3. The molecule has 1 N–H and O–H groups in total. The Hall–Kier alpha value is -2.91. The second kappa shape index (κ2) is 7.84. The molecule has 0 spiro atoms. The predicted molar refractivity (Wildman–Crippen MR) is 113 cm³/mol. The quantitative estimate of drug-likeness (QED) is 0.445. The number of benzene rings is 2. The number of hydrogen-bond acceptors (Lipinski definition) is 6. The highest BCUT2D eigenvalue weighted by molar-refractivity contribution is 9.10. The van der Waals surface area contributed by atoms with Crippen LogP contribution in [0.4, 0.5) is 5.95 Å². The van der Waals surface area contributed by atoms with Crippen molar-refractivity contribution in [1.29, 1.82) is 0 Å². The lowest BCUT2D eigenvalue weighted by molar-refractivity contribution is 0.573. The van der Waals surface area contributed by atoms with Gasteiger partial charge >= 0.3 is 0 Å². The molecule has 0 aliphatic heterocycles. The molecule has 0 saturated heterocycles. The average molecular weight is 473 g/mol. The number of nitrogens with zero attached hydrogens (tertiary/aromatic N) is 3. The van der Waals surface area contributed by atoms with E-state index in [4.69, 9.17) is 4.42 Å². The minimum absolute atomic E-state index is 0.108. The molecule has 4 rings (SSSR count). The molecule has 0 radical (unpaired) electrons. The molecule has 29 heavy (non-hydrogen) atoms. The van der Waals surface area contributed by atoms with Gasteiger partial charge < -0.3 is 9.73 Å². The van der Waals surface area contributed by atoms with Crippen LogP contribution in [-0.2, 0) is 16.6 Å². The van der Waals surface area contributed by atoms with E-state index in [1.807, 2.05) is 31.2 Å². The summed E-state index contributed by atoms with van der Waals surface area (Å²) in [6.07, 6.45) is 1.49. The molecule has 0 unspecified atom stereocenters. The van der Waals surface area contributed by atoms with Gasteiger partial charge in [-0.2, -0.15) is 13.4 Å². The fraction of sp³-hybridized carbons (Fsp3) is 0.100. The van der Waals surface area contributed by atoms with Crippen LogP contribution < -0.4 is 5.32 Å². The van der Waals surface area contributed by atoms with E-state index in [0.717, 1.165) is 19.7 Å². The van der Waals surface area contributed by atoms with E-state index in [1.54, 1.807) is 36.4 Å². The second-order valence-corrected chi connectivity index (χ2v) is 9.06. The Morgan fingerprint density at radius 3 is 2.59 bits per heavy atom. The Bertz CT molecular complexity index is 1230.